The standard InChI is InChI=1S/C23H18FN3O5S/c1-32-22(30)15-4-8-17(9-5-15)25-19(28)13-26-18-10-11-33-20(18)21(29)27(23(26)31)12-14-2-6-16(24)7-3-14/h2-11H,12-13H2,1H3,(H,25,28). The van der Waals surface area contributed by atoms with Gasteiger partial charge in [0.2, 0.25) is 5.91 Å². The van der Waals surface area contributed by atoms with Crippen LogP contribution in [0.25, 0.3) is 10.2 Å². The van der Waals surface area contributed by atoms with Crippen LogP contribution in [0.5, 0.6) is 0 Å². The van der Waals surface area contributed by atoms with Crippen molar-refractivity contribution in [3.63, 3.8) is 0 Å². The van der Waals surface area contributed by atoms with Crippen LogP contribution in [0.3, 0.4) is 0 Å². The molecule has 0 aliphatic carbocycles. The smallest absolute Gasteiger partial charge is 0.337 e. The SMILES string of the molecule is COC(=O)c1ccc(NC(=O)Cn2c(=O)n(Cc3ccc(F)cc3)c(=O)c3sccc32)cc1. The fraction of sp³-hybridized carbons (Fsp3) is 0.130. The van der Waals surface area contributed by atoms with E-state index in [0.717, 1.165) is 4.57 Å². The zero-order chi connectivity index (χ0) is 23.5. The number of thiophene rings is 1. The molecule has 0 saturated heterocycles. The van der Waals surface area contributed by atoms with E-state index < -0.39 is 28.9 Å². The molecule has 0 saturated carbocycles. The molecule has 1 N–H and O–H groups in total. The normalized spacial score (nSPS) is 10.8. The number of carbonyl (C=O) groups excluding carboxylic acids is 2. The summed E-state index contributed by atoms with van der Waals surface area (Å²) in [4.78, 5) is 50.2. The molecule has 10 heteroatoms. The Morgan fingerprint density at radius 1 is 1.00 bits per heavy atom. The Morgan fingerprint density at radius 3 is 2.36 bits per heavy atom. The fourth-order valence-corrected chi connectivity index (χ4v) is 4.19. The van der Waals surface area contributed by atoms with Crippen molar-refractivity contribution in [1.29, 1.82) is 0 Å². The van der Waals surface area contributed by atoms with Gasteiger partial charge in [-0.1, -0.05) is 12.1 Å². The van der Waals surface area contributed by atoms with Gasteiger partial charge < -0.3 is 10.1 Å². The Morgan fingerprint density at radius 2 is 1.70 bits per heavy atom. The van der Waals surface area contributed by atoms with E-state index in [4.69, 9.17) is 0 Å². The van der Waals surface area contributed by atoms with Gasteiger partial charge in [-0.3, -0.25) is 18.7 Å². The van der Waals surface area contributed by atoms with Crippen LogP contribution in [-0.2, 0) is 22.6 Å². The van der Waals surface area contributed by atoms with Crippen molar-refractivity contribution < 1.29 is 18.7 Å². The van der Waals surface area contributed by atoms with Gasteiger partial charge in [-0.25, -0.2) is 14.0 Å². The van der Waals surface area contributed by atoms with Crippen molar-refractivity contribution in [3.8, 4) is 0 Å². The van der Waals surface area contributed by atoms with Crippen LogP contribution < -0.4 is 16.6 Å². The van der Waals surface area contributed by atoms with Crippen LogP contribution >= 0.6 is 11.3 Å². The lowest BCUT2D eigenvalue weighted by Crippen LogP contribution is -2.41. The summed E-state index contributed by atoms with van der Waals surface area (Å²) in [5, 5.41) is 4.35. The fourth-order valence-electron chi connectivity index (χ4n) is 3.35. The first-order chi connectivity index (χ1) is 15.9. The second-order valence-electron chi connectivity index (χ2n) is 7.14. The topological polar surface area (TPSA) is 99.4 Å². The predicted molar refractivity (Wildman–Crippen MR) is 122 cm³/mol. The number of hydrogen-bond acceptors (Lipinski definition) is 6. The molecule has 33 heavy (non-hydrogen) atoms. The highest BCUT2D eigenvalue weighted by Crippen LogP contribution is 2.16. The van der Waals surface area contributed by atoms with Crippen LogP contribution in [0, 0.1) is 5.82 Å². The van der Waals surface area contributed by atoms with Crippen molar-refractivity contribution in [2.24, 2.45) is 0 Å². The number of carbonyl (C=O) groups is 2. The quantitative estimate of drug-likeness (QED) is 0.440. The van der Waals surface area contributed by atoms with Crippen molar-refractivity contribution in [2.75, 3.05) is 12.4 Å². The minimum Gasteiger partial charge on any atom is -0.465 e. The van der Waals surface area contributed by atoms with Gasteiger partial charge in [0.15, 0.2) is 0 Å². The summed E-state index contributed by atoms with van der Waals surface area (Å²) in [6, 6.07) is 13.2. The number of methoxy groups -OCH3 is 1. The van der Waals surface area contributed by atoms with Gasteiger partial charge in [0, 0.05) is 5.69 Å². The average Bonchev–Trinajstić information content (AvgIpc) is 3.31. The number of anilines is 1. The number of fused-ring (bicyclic) bond motifs is 1. The third-order valence-electron chi connectivity index (χ3n) is 4.98. The Labute approximate surface area is 190 Å². The molecular weight excluding hydrogens is 449 g/mol. The third kappa shape index (κ3) is 4.60. The molecule has 1 amide bonds. The molecule has 0 unspecified atom stereocenters. The average molecular weight is 467 g/mol. The van der Waals surface area contributed by atoms with Crippen molar-refractivity contribution in [3.05, 3.63) is 97.8 Å². The number of hydrogen-bond donors (Lipinski definition) is 1. The summed E-state index contributed by atoms with van der Waals surface area (Å²) in [5.41, 5.74) is 0.590. The molecule has 0 aliphatic heterocycles. The molecule has 0 aliphatic rings. The number of rotatable bonds is 6. The maximum absolute atomic E-state index is 13.2. The number of amides is 1. The molecule has 0 spiro atoms. The molecule has 8 nitrogen and oxygen atoms in total. The largest absolute Gasteiger partial charge is 0.465 e. The number of nitrogens with zero attached hydrogens (tertiary/aromatic N) is 2. The van der Waals surface area contributed by atoms with Gasteiger partial charge >= 0.3 is 11.7 Å². The molecular formula is C23H18FN3O5S. The van der Waals surface area contributed by atoms with E-state index in [1.54, 1.807) is 23.6 Å². The lowest BCUT2D eigenvalue weighted by atomic mass is 10.2. The second kappa shape index (κ2) is 9.21. The summed E-state index contributed by atoms with van der Waals surface area (Å²) in [6.45, 7) is -0.378. The van der Waals surface area contributed by atoms with Crippen LogP contribution in [0.1, 0.15) is 15.9 Å². The Balaban J connectivity index is 1.63. The predicted octanol–water partition coefficient (Wildman–Crippen LogP) is 2.84. The van der Waals surface area contributed by atoms with Crippen LogP contribution in [0.2, 0.25) is 0 Å². The maximum Gasteiger partial charge on any atom is 0.337 e. The van der Waals surface area contributed by atoms with Gasteiger partial charge in [0.05, 0.1) is 24.7 Å². The Bertz CT molecular complexity index is 1450. The van der Waals surface area contributed by atoms with Gasteiger partial charge in [-0.05, 0) is 53.4 Å². The lowest BCUT2D eigenvalue weighted by Gasteiger charge is -2.13. The highest BCUT2D eigenvalue weighted by molar-refractivity contribution is 7.17. The summed E-state index contributed by atoms with van der Waals surface area (Å²) in [6.07, 6.45) is 0. The highest BCUT2D eigenvalue weighted by Gasteiger charge is 2.17. The van der Waals surface area contributed by atoms with Crippen molar-refractivity contribution >= 4 is 39.1 Å². The molecule has 0 atom stereocenters. The number of aromatic nitrogens is 2. The summed E-state index contributed by atoms with van der Waals surface area (Å²) in [7, 11) is 1.27. The second-order valence-corrected chi connectivity index (χ2v) is 8.05. The van der Waals surface area contributed by atoms with Crippen LogP contribution in [-0.4, -0.2) is 28.1 Å². The zero-order valence-electron chi connectivity index (χ0n) is 17.4. The van der Waals surface area contributed by atoms with Gasteiger partial charge in [0.1, 0.15) is 17.1 Å². The van der Waals surface area contributed by atoms with Gasteiger partial charge in [-0.2, -0.15) is 0 Å². The first kappa shape index (κ1) is 22.2. The van der Waals surface area contributed by atoms with Gasteiger partial charge in [-0.15, -0.1) is 11.3 Å². The molecule has 0 bridgehead atoms. The molecule has 4 aromatic rings. The molecule has 0 fully saturated rings. The first-order valence-corrected chi connectivity index (χ1v) is 10.7. The van der Waals surface area contributed by atoms with E-state index >= 15 is 0 Å². The Hall–Kier alpha value is -4.05. The summed E-state index contributed by atoms with van der Waals surface area (Å²) in [5.74, 6) is -1.40. The minimum atomic E-state index is -0.647. The summed E-state index contributed by atoms with van der Waals surface area (Å²) >= 11 is 1.17. The van der Waals surface area contributed by atoms with Crippen LogP contribution in [0.15, 0.2) is 69.6 Å². The van der Waals surface area contributed by atoms with Crippen LogP contribution in [0.4, 0.5) is 10.1 Å². The van der Waals surface area contributed by atoms with E-state index in [9.17, 15) is 23.6 Å². The number of benzene rings is 2. The van der Waals surface area contributed by atoms with E-state index in [1.165, 1.54) is 59.4 Å². The molecule has 2 aromatic heterocycles. The monoisotopic (exact) mass is 467 g/mol. The zero-order valence-corrected chi connectivity index (χ0v) is 18.2. The molecule has 2 heterocycles. The molecule has 4 rings (SSSR count). The first-order valence-electron chi connectivity index (χ1n) is 9.81. The Kier molecular flexibility index (Phi) is 6.18. The van der Waals surface area contributed by atoms with Crippen molar-refractivity contribution in [2.45, 2.75) is 13.1 Å². The maximum atomic E-state index is 13.2. The third-order valence-corrected chi connectivity index (χ3v) is 5.87. The highest BCUT2D eigenvalue weighted by atomic mass is 32.1. The molecule has 0 radical (unpaired) electrons. The minimum absolute atomic E-state index is 0.0532. The van der Waals surface area contributed by atoms with Gasteiger partial charge in [0.25, 0.3) is 5.56 Å². The number of nitrogens with one attached hydrogen (secondary N) is 1. The van der Waals surface area contributed by atoms with E-state index in [0.29, 0.717) is 27.0 Å². The van der Waals surface area contributed by atoms with Crippen molar-refractivity contribution in [1.82, 2.24) is 9.13 Å². The summed E-state index contributed by atoms with van der Waals surface area (Å²) < 4.78 is 20.5. The molecule has 168 valence electrons. The van der Waals surface area contributed by atoms with E-state index in [1.807, 2.05) is 0 Å². The van der Waals surface area contributed by atoms with E-state index in [2.05, 4.69) is 10.1 Å². The number of esters is 1. The lowest BCUT2D eigenvalue weighted by molar-refractivity contribution is -0.116. The van der Waals surface area contributed by atoms with E-state index in [-0.39, 0.29) is 13.1 Å². The number of halogens is 1. The molecule has 2 aromatic carbocycles. The number of ether oxygens (including phenoxy) is 1.